The van der Waals surface area contributed by atoms with E-state index in [0.29, 0.717) is 0 Å². The number of carbonyl (C=O) groups excluding carboxylic acids is 3. The van der Waals surface area contributed by atoms with Gasteiger partial charge in [0.25, 0.3) is 11.8 Å². The predicted molar refractivity (Wildman–Crippen MR) is 106 cm³/mol. The Labute approximate surface area is 171 Å². The second-order valence-electron chi connectivity index (χ2n) is 6.48. The molecule has 0 spiro atoms. The van der Waals surface area contributed by atoms with Crippen molar-refractivity contribution in [1.82, 2.24) is 4.72 Å². The van der Waals surface area contributed by atoms with Crippen molar-refractivity contribution in [2.24, 2.45) is 5.73 Å². The van der Waals surface area contributed by atoms with Crippen LogP contribution < -0.4 is 15.8 Å². The first-order valence-electron chi connectivity index (χ1n) is 8.69. The largest absolute Gasteiger partial charge is 0.449 e. The van der Waals surface area contributed by atoms with Gasteiger partial charge < -0.3 is 15.8 Å². The molecule has 0 unspecified atom stereocenters. The van der Waals surface area contributed by atoms with E-state index < -0.39 is 33.9 Å². The SMILES string of the molecule is C[C@@H](OC(=O)c1ccc(S(=O)(=O)NC2CC2)cc1)C(=O)Nc1sccc1C(N)=O. The molecule has 1 aliphatic rings. The fraction of sp³-hybridized carbons (Fsp3) is 0.278. The third kappa shape index (κ3) is 5.19. The van der Waals surface area contributed by atoms with Gasteiger partial charge in [-0.1, -0.05) is 0 Å². The summed E-state index contributed by atoms with van der Waals surface area (Å²) in [6, 6.07) is 6.70. The van der Waals surface area contributed by atoms with Crippen LogP contribution >= 0.6 is 11.3 Å². The van der Waals surface area contributed by atoms with E-state index in [9.17, 15) is 22.8 Å². The van der Waals surface area contributed by atoms with Crippen molar-refractivity contribution >= 4 is 44.1 Å². The van der Waals surface area contributed by atoms with Gasteiger partial charge >= 0.3 is 5.97 Å². The van der Waals surface area contributed by atoms with Gasteiger partial charge in [0, 0.05) is 6.04 Å². The van der Waals surface area contributed by atoms with Crippen molar-refractivity contribution in [1.29, 1.82) is 0 Å². The Morgan fingerprint density at radius 1 is 1.17 bits per heavy atom. The minimum Gasteiger partial charge on any atom is -0.449 e. The van der Waals surface area contributed by atoms with Crippen LogP contribution in [0.3, 0.4) is 0 Å². The highest BCUT2D eigenvalue weighted by atomic mass is 32.2. The number of nitrogens with two attached hydrogens (primary N) is 1. The smallest absolute Gasteiger partial charge is 0.338 e. The van der Waals surface area contributed by atoms with Crippen LogP contribution in [0.1, 0.15) is 40.5 Å². The molecule has 3 rings (SSSR count). The maximum absolute atomic E-state index is 12.2. The fourth-order valence-corrected chi connectivity index (χ4v) is 4.45. The Morgan fingerprint density at radius 3 is 2.41 bits per heavy atom. The third-order valence-corrected chi connectivity index (χ3v) is 6.49. The number of hydrogen-bond acceptors (Lipinski definition) is 7. The van der Waals surface area contributed by atoms with Gasteiger partial charge in [0.2, 0.25) is 10.0 Å². The van der Waals surface area contributed by atoms with Gasteiger partial charge in [-0.3, -0.25) is 9.59 Å². The predicted octanol–water partition coefficient (Wildman–Crippen LogP) is 1.47. The van der Waals surface area contributed by atoms with Crippen LogP contribution in [0, 0.1) is 0 Å². The van der Waals surface area contributed by atoms with Crippen molar-refractivity contribution in [3.63, 3.8) is 0 Å². The van der Waals surface area contributed by atoms with Gasteiger partial charge in [-0.25, -0.2) is 17.9 Å². The number of esters is 1. The minimum absolute atomic E-state index is 0.0255. The molecular formula is C18H19N3O6S2. The maximum Gasteiger partial charge on any atom is 0.338 e. The zero-order valence-electron chi connectivity index (χ0n) is 15.4. The molecule has 2 aromatic rings. The Kier molecular flexibility index (Phi) is 6.01. The number of carbonyl (C=O) groups is 3. The molecule has 1 fully saturated rings. The van der Waals surface area contributed by atoms with Crippen LogP contribution in [0.25, 0.3) is 0 Å². The van der Waals surface area contributed by atoms with Crippen LogP contribution in [0.15, 0.2) is 40.6 Å². The van der Waals surface area contributed by atoms with E-state index in [0.717, 1.165) is 24.2 Å². The highest BCUT2D eigenvalue weighted by molar-refractivity contribution is 7.89. The van der Waals surface area contributed by atoms with Crippen molar-refractivity contribution in [2.45, 2.75) is 36.8 Å². The number of sulfonamides is 1. The first-order chi connectivity index (χ1) is 13.7. The number of hydrogen-bond donors (Lipinski definition) is 3. The Bertz CT molecular complexity index is 1040. The molecule has 29 heavy (non-hydrogen) atoms. The van der Waals surface area contributed by atoms with E-state index in [1.807, 2.05) is 0 Å². The average Bonchev–Trinajstić information content (AvgIpc) is 3.34. The zero-order chi connectivity index (χ0) is 21.2. The lowest BCUT2D eigenvalue weighted by Gasteiger charge is -2.13. The monoisotopic (exact) mass is 437 g/mol. The van der Waals surface area contributed by atoms with Gasteiger partial charge in [0.15, 0.2) is 6.10 Å². The molecule has 1 saturated carbocycles. The van der Waals surface area contributed by atoms with Crippen LogP contribution in [-0.2, 0) is 19.6 Å². The van der Waals surface area contributed by atoms with Gasteiger partial charge in [0.1, 0.15) is 5.00 Å². The van der Waals surface area contributed by atoms with E-state index in [-0.39, 0.29) is 27.1 Å². The number of benzene rings is 1. The molecule has 4 N–H and O–H groups in total. The Hall–Kier alpha value is -2.76. The number of rotatable bonds is 8. The molecule has 11 heteroatoms. The summed E-state index contributed by atoms with van der Waals surface area (Å²) in [7, 11) is -3.62. The summed E-state index contributed by atoms with van der Waals surface area (Å²) >= 11 is 1.12. The van der Waals surface area contributed by atoms with E-state index in [1.165, 1.54) is 37.3 Å². The number of primary amides is 1. The molecule has 1 atom stereocenters. The summed E-state index contributed by atoms with van der Waals surface area (Å²) in [6.07, 6.45) is 0.483. The van der Waals surface area contributed by atoms with Crippen LogP contribution in [0.5, 0.6) is 0 Å². The second-order valence-corrected chi connectivity index (χ2v) is 9.11. The Balaban J connectivity index is 1.61. The normalized spacial score (nSPS) is 14.8. The van der Waals surface area contributed by atoms with E-state index in [4.69, 9.17) is 10.5 Å². The van der Waals surface area contributed by atoms with Crippen molar-refractivity contribution in [3.05, 3.63) is 46.8 Å². The molecule has 2 amide bonds. The van der Waals surface area contributed by atoms with Gasteiger partial charge in [-0.05, 0) is 55.5 Å². The molecule has 0 aliphatic heterocycles. The van der Waals surface area contributed by atoms with E-state index >= 15 is 0 Å². The number of ether oxygens (including phenoxy) is 1. The summed E-state index contributed by atoms with van der Waals surface area (Å²) in [5, 5.41) is 4.36. The molecule has 0 radical (unpaired) electrons. The summed E-state index contributed by atoms with van der Waals surface area (Å²) in [5.74, 6) is -2.10. The van der Waals surface area contributed by atoms with Crippen molar-refractivity contribution < 1.29 is 27.5 Å². The number of thiophene rings is 1. The van der Waals surface area contributed by atoms with E-state index in [1.54, 1.807) is 5.38 Å². The topological polar surface area (TPSA) is 145 Å². The quantitative estimate of drug-likeness (QED) is 0.533. The molecule has 0 saturated heterocycles. The first kappa shape index (κ1) is 21.0. The standard InChI is InChI=1S/C18H19N3O6S2/c1-10(16(23)20-17-14(15(19)22)8-9-28-17)27-18(24)11-2-6-13(7-3-11)29(25,26)21-12-4-5-12/h2-3,6-10,12,21H,4-5H2,1H3,(H2,19,22)(H,20,23)/t10-/m1/s1. The number of anilines is 1. The minimum atomic E-state index is -3.62. The molecule has 1 aliphatic carbocycles. The highest BCUT2D eigenvalue weighted by Crippen LogP contribution is 2.24. The second kappa shape index (κ2) is 8.31. The summed E-state index contributed by atoms with van der Waals surface area (Å²) in [4.78, 5) is 35.8. The molecule has 9 nitrogen and oxygen atoms in total. The zero-order valence-corrected chi connectivity index (χ0v) is 17.0. The van der Waals surface area contributed by atoms with Crippen LogP contribution in [0.2, 0.25) is 0 Å². The molecule has 0 bridgehead atoms. The molecular weight excluding hydrogens is 418 g/mol. The summed E-state index contributed by atoms with van der Waals surface area (Å²) in [5.41, 5.74) is 5.49. The Morgan fingerprint density at radius 2 is 1.83 bits per heavy atom. The summed E-state index contributed by atoms with van der Waals surface area (Å²) in [6.45, 7) is 1.38. The van der Waals surface area contributed by atoms with Crippen LogP contribution in [0.4, 0.5) is 5.00 Å². The number of amides is 2. The van der Waals surface area contributed by atoms with E-state index in [2.05, 4.69) is 10.0 Å². The molecule has 154 valence electrons. The lowest BCUT2D eigenvalue weighted by molar-refractivity contribution is -0.123. The highest BCUT2D eigenvalue weighted by Gasteiger charge is 2.28. The fourth-order valence-electron chi connectivity index (χ4n) is 2.35. The molecule has 1 aromatic carbocycles. The third-order valence-electron chi connectivity index (χ3n) is 4.12. The van der Waals surface area contributed by atoms with Gasteiger partial charge in [-0.15, -0.1) is 11.3 Å². The van der Waals surface area contributed by atoms with Gasteiger partial charge in [-0.2, -0.15) is 0 Å². The lowest BCUT2D eigenvalue weighted by Crippen LogP contribution is -2.30. The van der Waals surface area contributed by atoms with Crippen LogP contribution in [-0.4, -0.2) is 38.3 Å². The maximum atomic E-state index is 12.2. The average molecular weight is 437 g/mol. The lowest BCUT2D eigenvalue weighted by atomic mass is 10.2. The molecule has 1 aromatic heterocycles. The van der Waals surface area contributed by atoms with Gasteiger partial charge in [0.05, 0.1) is 16.0 Å². The van der Waals surface area contributed by atoms with Crippen molar-refractivity contribution in [2.75, 3.05) is 5.32 Å². The summed E-state index contributed by atoms with van der Waals surface area (Å²) < 4.78 is 32.0. The first-order valence-corrected chi connectivity index (χ1v) is 11.0. The van der Waals surface area contributed by atoms with Crippen molar-refractivity contribution in [3.8, 4) is 0 Å². The molecule has 1 heterocycles. The number of nitrogens with one attached hydrogen (secondary N) is 2.